The van der Waals surface area contributed by atoms with Crippen molar-refractivity contribution in [2.75, 3.05) is 13.7 Å². The number of methoxy groups -OCH3 is 1. The highest BCUT2D eigenvalue weighted by Gasteiger charge is 2.76. The van der Waals surface area contributed by atoms with Crippen molar-refractivity contribution in [1.29, 1.82) is 0 Å². The molecule has 3 fully saturated rings. The summed E-state index contributed by atoms with van der Waals surface area (Å²) in [5.74, 6) is 1.56. The van der Waals surface area contributed by atoms with E-state index in [4.69, 9.17) is 9.16 Å². The van der Waals surface area contributed by atoms with Crippen molar-refractivity contribution in [3.05, 3.63) is 0 Å². The summed E-state index contributed by atoms with van der Waals surface area (Å²) >= 11 is 0. The van der Waals surface area contributed by atoms with Crippen LogP contribution in [-0.4, -0.2) is 33.9 Å². The van der Waals surface area contributed by atoms with Crippen LogP contribution < -0.4 is 0 Å². The van der Waals surface area contributed by atoms with E-state index in [1.54, 1.807) is 7.11 Å². The van der Waals surface area contributed by atoms with Crippen molar-refractivity contribution in [2.24, 2.45) is 23.2 Å². The lowest BCUT2D eigenvalue weighted by atomic mass is 9.87. The summed E-state index contributed by atoms with van der Waals surface area (Å²) < 4.78 is 12.6. The number of fused-ring (bicyclic) bond motifs is 5. The van der Waals surface area contributed by atoms with Crippen LogP contribution in [0.5, 0.6) is 0 Å². The number of carbonyl (C=O) groups excluding carboxylic acids is 1. The Balaban J connectivity index is 1.78. The minimum atomic E-state index is -1.82. The van der Waals surface area contributed by atoms with Crippen LogP contribution in [0.2, 0.25) is 16.6 Å². The van der Waals surface area contributed by atoms with E-state index in [0.29, 0.717) is 34.2 Å². The van der Waals surface area contributed by atoms with Crippen molar-refractivity contribution in [3.8, 4) is 0 Å². The monoisotopic (exact) mass is 338 g/mol. The van der Waals surface area contributed by atoms with Gasteiger partial charge in [0.05, 0.1) is 6.10 Å². The van der Waals surface area contributed by atoms with Crippen LogP contribution in [0.1, 0.15) is 54.4 Å². The molecule has 2 bridgehead atoms. The zero-order valence-electron chi connectivity index (χ0n) is 15.9. The molecule has 0 spiro atoms. The predicted molar refractivity (Wildman–Crippen MR) is 94.9 cm³/mol. The van der Waals surface area contributed by atoms with Crippen LogP contribution in [0.15, 0.2) is 0 Å². The topological polar surface area (TPSA) is 35.5 Å². The smallest absolute Gasteiger partial charge is 0.200 e. The van der Waals surface area contributed by atoms with Gasteiger partial charge in [-0.15, -0.1) is 0 Å². The molecule has 4 heteroatoms. The lowest BCUT2D eigenvalue weighted by Crippen LogP contribution is -2.49. The van der Waals surface area contributed by atoms with Crippen molar-refractivity contribution in [2.45, 2.75) is 77.1 Å². The average Bonchev–Trinajstić information content (AvgIpc) is 3.01. The second-order valence-electron chi connectivity index (χ2n) is 9.15. The molecule has 3 nitrogen and oxygen atoms in total. The summed E-state index contributed by atoms with van der Waals surface area (Å²) in [7, 11) is -0.0422. The van der Waals surface area contributed by atoms with Gasteiger partial charge in [0, 0.05) is 37.4 Å². The molecule has 0 amide bonds. The molecule has 3 saturated carbocycles. The van der Waals surface area contributed by atoms with Gasteiger partial charge >= 0.3 is 0 Å². The van der Waals surface area contributed by atoms with Crippen LogP contribution in [-0.2, 0) is 14.0 Å². The third-order valence-corrected chi connectivity index (χ3v) is 13.5. The van der Waals surface area contributed by atoms with Gasteiger partial charge < -0.3 is 9.16 Å². The van der Waals surface area contributed by atoms with Gasteiger partial charge in [0.2, 0.25) is 0 Å². The molecule has 3 aliphatic rings. The first-order chi connectivity index (χ1) is 10.7. The summed E-state index contributed by atoms with van der Waals surface area (Å²) in [6.07, 6.45) is 2.08. The fourth-order valence-electron chi connectivity index (χ4n) is 6.49. The van der Waals surface area contributed by atoms with Crippen molar-refractivity contribution < 1.29 is 14.0 Å². The lowest BCUT2D eigenvalue weighted by molar-refractivity contribution is -0.123. The summed E-state index contributed by atoms with van der Waals surface area (Å²) in [4.78, 5) is 12.2. The fraction of sp³-hybridized carbons (Fsp3) is 0.947. The molecule has 3 aliphatic carbocycles. The highest BCUT2D eigenvalue weighted by atomic mass is 28.4. The zero-order chi connectivity index (χ0) is 17.2. The summed E-state index contributed by atoms with van der Waals surface area (Å²) in [6.45, 7) is 14.9. The van der Waals surface area contributed by atoms with Crippen molar-refractivity contribution in [3.63, 3.8) is 0 Å². The number of carbonyl (C=O) groups is 1. The van der Waals surface area contributed by atoms with Crippen LogP contribution in [0.4, 0.5) is 0 Å². The SMILES string of the molecule is CO[C@@H]1C2C(=O)C[C@H]1C1(CO[Si](C(C)C)(C(C)C)C(C)C)CC21. The Morgan fingerprint density at radius 2 is 1.65 bits per heavy atom. The molecule has 5 atom stereocenters. The van der Waals surface area contributed by atoms with E-state index in [2.05, 4.69) is 41.5 Å². The number of ether oxygens (including phenoxy) is 1. The molecule has 132 valence electrons. The van der Waals surface area contributed by atoms with Gasteiger partial charge in [-0.25, -0.2) is 0 Å². The van der Waals surface area contributed by atoms with E-state index < -0.39 is 8.32 Å². The Labute approximate surface area is 142 Å². The summed E-state index contributed by atoms with van der Waals surface area (Å²) in [6, 6.07) is 0. The quantitative estimate of drug-likeness (QED) is 0.645. The van der Waals surface area contributed by atoms with Crippen LogP contribution in [0.25, 0.3) is 0 Å². The number of hydrogen-bond donors (Lipinski definition) is 0. The van der Waals surface area contributed by atoms with Crippen LogP contribution >= 0.6 is 0 Å². The normalized spacial score (nSPS) is 39.0. The molecule has 0 saturated heterocycles. The van der Waals surface area contributed by atoms with E-state index in [0.717, 1.165) is 13.0 Å². The van der Waals surface area contributed by atoms with E-state index in [1.165, 1.54) is 6.42 Å². The second kappa shape index (κ2) is 5.67. The van der Waals surface area contributed by atoms with Crippen LogP contribution in [0, 0.1) is 23.2 Å². The Morgan fingerprint density at radius 3 is 2.09 bits per heavy atom. The van der Waals surface area contributed by atoms with Gasteiger partial charge in [0.25, 0.3) is 0 Å². The van der Waals surface area contributed by atoms with Crippen molar-refractivity contribution in [1.82, 2.24) is 0 Å². The van der Waals surface area contributed by atoms with E-state index >= 15 is 0 Å². The predicted octanol–water partition coefficient (Wildman–Crippen LogP) is 4.42. The van der Waals surface area contributed by atoms with E-state index in [1.807, 2.05) is 0 Å². The Hall–Kier alpha value is -0.193. The Morgan fingerprint density at radius 1 is 1.09 bits per heavy atom. The molecular formula is C19H34O3Si. The second-order valence-corrected chi connectivity index (χ2v) is 14.6. The molecule has 23 heavy (non-hydrogen) atoms. The van der Waals surface area contributed by atoms with Gasteiger partial charge in [-0.3, -0.25) is 4.79 Å². The number of ketones is 1. The molecule has 0 aromatic rings. The number of rotatable bonds is 7. The summed E-state index contributed by atoms with van der Waals surface area (Å²) in [5.41, 5.74) is 2.12. The zero-order valence-corrected chi connectivity index (χ0v) is 16.9. The minimum absolute atomic E-state index is 0.165. The first-order valence-electron chi connectivity index (χ1n) is 9.41. The molecule has 0 aliphatic heterocycles. The van der Waals surface area contributed by atoms with Crippen LogP contribution in [0.3, 0.4) is 0 Å². The molecule has 0 aromatic heterocycles. The maximum Gasteiger partial charge on any atom is 0.200 e. The third-order valence-electron chi connectivity index (χ3n) is 7.46. The highest BCUT2D eigenvalue weighted by Crippen LogP contribution is 2.74. The summed E-state index contributed by atoms with van der Waals surface area (Å²) in [5, 5.41) is 0. The lowest BCUT2D eigenvalue weighted by Gasteiger charge is -2.43. The molecular weight excluding hydrogens is 304 g/mol. The molecule has 0 aromatic carbocycles. The molecule has 0 heterocycles. The largest absolute Gasteiger partial charge is 0.415 e. The van der Waals surface area contributed by atoms with Gasteiger partial charge in [-0.1, -0.05) is 41.5 Å². The first-order valence-corrected chi connectivity index (χ1v) is 11.6. The van der Waals surface area contributed by atoms with Gasteiger partial charge in [-0.05, 0) is 29.0 Å². The maximum absolute atomic E-state index is 12.2. The average molecular weight is 339 g/mol. The molecule has 0 radical (unpaired) electrons. The number of hydrogen-bond acceptors (Lipinski definition) is 3. The standard InChI is InChI=1S/C19H34O3Si/c1-11(2)23(12(3)4,13(5)6)22-10-19-9-15(19)17-16(20)8-14(19)18(17)21-7/h11-15,17-18H,8-10H2,1-7H3/t14-,15?,17?,18+,19?/m1/s1. The third kappa shape index (κ3) is 2.24. The van der Waals surface area contributed by atoms with Crippen molar-refractivity contribution >= 4 is 14.1 Å². The van der Waals surface area contributed by atoms with Gasteiger partial charge in [0.1, 0.15) is 5.78 Å². The molecule has 3 rings (SSSR count). The molecule has 0 N–H and O–H groups in total. The number of Topliss-reactive ketones (excluding diaryl/α,β-unsaturated/α-hetero) is 1. The van der Waals surface area contributed by atoms with E-state index in [9.17, 15) is 4.79 Å². The van der Waals surface area contributed by atoms with Gasteiger partial charge in [-0.2, -0.15) is 0 Å². The minimum Gasteiger partial charge on any atom is -0.415 e. The van der Waals surface area contributed by atoms with Gasteiger partial charge in [0.15, 0.2) is 8.32 Å². The highest BCUT2D eigenvalue weighted by molar-refractivity contribution is 6.77. The molecule has 3 unspecified atom stereocenters. The maximum atomic E-state index is 12.2. The Bertz CT molecular complexity index is 465. The van der Waals surface area contributed by atoms with E-state index in [-0.39, 0.29) is 17.4 Å². The first kappa shape index (κ1) is 17.6. The fourth-order valence-corrected chi connectivity index (χ4v) is 12.0. The Kier molecular flexibility index (Phi) is 4.34.